The van der Waals surface area contributed by atoms with E-state index in [2.05, 4.69) is 9.97 Å². The van der Waals surface area contributed by atoms with Gasteiger partial charge in [0.05, 0.1) is 6.54 Å². The van der Waals surface area contributed by atoms with Crippen molar-refractivity contribution in [1.29, 1.82) is 0 Å². The smallest absolute Gasteiger partial charge is 0.404 e. The monoisotopic (exact) mass is 282 g/mol. The second kappa shape index (κ2) is 5.88. The first kappa shape index (κ1) is 13.6. The number of aryl methyl sites for hydroxylation is 2. The maximum Gasteiger partial charge on any atom is 0.404 e. The number of primary amides is 1. The fraction of sp³-hybridized carbons (Fsp3) is 0.417. The normalized spacial score (nSPS) is 10.8. The molecule has 0 unspecified atom stereocenters. The van der Waals surface area contributed by atoms with Gasteiger partial charge in [-0.3, -0.25) is 0 Å². The lowest BCUT2D eigenvalue weighted by Crippen LogP contribution is -2.18. The van der Waals surface area contributed by atoms with Gasteiger partial charge >= 0.3 is 6.09 Å². The van der Waals surface area contributed by atoms with Crippen molar-refractivity contribution in [2.24, 2.45) is 5.73 Å². The van der Waals surface area contributed by atoms with Crippen LogP contribution in [0, 0.1) is 6.92 Å². The number of rotatable bonds is 5. The van der Waals surface area contributed by atoms with Gasteiger partial charge in [0, 0.05) is 18.0 Å². The zero-order valence-corrected chi connectivity index (χ0v) is 11.4. The molecule has 2 aromatic rings. The molecule has 0 radical (unpaired) electrons. The van der Waals surface area contributed by atoms with Crippen LogP contribution in [0.5, 0.6) is 0 Å². The number of hydrogen-bond donors (Lipinski definition) is 1. The summed E-state index contributed by atoms with van der Waals surface area (Å²) in [5.74, 6) is 1.30. The second-order valence-electron chi connectivity index (χ2n) is 4.08. The van der Waals surface area contributed by atoms with Crippen LogP contribution < -0.4 is 5.73 Å². The van der Waals surface area contributed by atoms with Crippen LogP contribution in [0.4, 0.5) is 4.79 Å². The van der Waals surface area contributed by atoms with Gasteiger partial charge < -0.3 is 15.0 Å². The molecule has 0 aromatic carbocycles. The highest BCUT2D eigenvalue weighted by atomic mass is 35.5. The summed E-state index contributed by atoms with van der Waals surface area (Å²) in [5.41, 5.74) is 7.43. The molecule has 2 rings (SSSR count). The van der Waals surface area contributed by atoms with Crippen LogP contribution in [-0.2, 0) is 17.7 Å². The van der Waals surface area contributed by atoms with E-state index >= 15 is 0 Å². The molecule has 0 bridgehead atoms. The third-order valence-corrected chi connectivity index (χ3v) is 2.88. The van der Waals surface area contributed by atoms with Crippen molar-refractivity contribution in [1.82, 2.24) is 14.5 Å². The van der Waals surface area contributed by atoms with Crippen molar-refractivity contribution in [3.05, 3.63) is 23.7 Å². The molecule has 19 heavy (non-hydrogen) atoms. The van der Waals surface area contributed by atoms with Gasteiger partial charge in [0.25, 0.3) is 0 Å². The highest BCUT2D eigenvalue weighted by Gasteiger charge is 2.12. The van der Waals surface area contributed by atoms with E-state index in [1.807, 2.05) is 23.6 Å². The molecule has 0 spiro atoms. The van der Waals surface area contributed by atoms with E-state index in [4.69, 9.17) is 22.1 Å². The number of imidazole rings is 1. The molecule has 0 fully saturated rings. The van der Waals surface area contributed by atoms with E-state index in [1.54, 1.807) is 0 Å². The predicted octanol–water partition coefficient (Wildman–Crippen LogP) is 1.62. The first-order valence-corrected chi connectivity index (χ1v) is 6.46. The zero-order valence-electron chi connectivity index (χ0n) is 10.6. The number of pyridine rings is 1. The quantitative estimate of drug-likeness (QED) is 0.845. The fourth-order valence-electron chi connectivity index (χ4n) is 1.89. The molecule has 2 aromatic heterocycles. The Kier molecular flexibility index (Phi) is 4.21. The Morgan fingerprint density at radius 3 is 2.95 bits per heavy atom. The summed E-state index contributed by atoms with van der Waals surface area (Å²) in [5, 5.41) is 0. The van der Waals surface area contributed by atoms with Crippen molar-refractivity contribution < 1.29 is 9.53 Å². The van der Waals surface area contributed by atoms with E-state index in [9.17, 15) is 4.79 Å². The lowest BCUT2D eigenvalue weighted by Gasteiger charge is -2.07. The number of nitrogens with two attached hydrogens (primary N) is 1. The summed E-state index contributed by atoms with van der Waals surface area (Å²) in [6, 6.07) is 3.82. The maximum atomic E-state index is 10.6. The summed E-state index contributed by atoms with van der Waals surface area (Å²) < 4.78 is 6.67. The molecule has 102 valence electrons. The molecule has 0 aliphatic carbocycles. The number of alkyl halides is 1. The minimum Gasteiger partial charge on any atom is -0.448 e. The van der Waals surface area contributed by atoms with E-state index < -0.39 is 6.09 Å². The number of carbonyl (C=O) groups excluding carboxylic acids is 1. The number of hydrogen-bond acceptors (Lipinski definition) is 4. The van der Waals surface area contributed by atoms with Gasteiger partial charge in [-0.15, -0.1) is 11.6 Å². The minimum atomic E-state index is -0.785. The van der Waals surface area contributed by atoms with E-state index in [0.717, 1.165) is 22.7 Å². The van der Waals surface area contributed by atoms with Gasteiger partial charge in [-0.05, 0) is 19.1 Å². The van der Waals surface area contributed by atoms with Gasteiger partial charge in [-0.25, -0.2) is 14.8 Å². The molecule has 6 nitrogen and oxygen atoms in total. The standard InChI is InChI=1S/C12H15ClN4O2/c1-8-2-3-9-11(15-8)17(6-7-19-12(14)18)10(16-9)4-5-13/h2-3H,4-7H2,1H3,(H2,14,18). The van der Waals surface area contributed by atoms with Gasteiger partial charge in [0.15, 0.2) is 5.65 Å². The Hall–Kier alpha value is -1.82. The molecular weight excluding hydrogens is 268 g/mol. The maximum absolute atomic E-state index is 10.6. The molecule has 0 saturated heterocycles. The fourth-order valence-corrected chi connectivity index (χ4v) is 2.06. The van der Waals surface area contributed by atoms with Crippen LogP contribution in [0.25, 0.3) is 11.2 Å². The van der Waals surface area contributed by atoms with Crippen LogP contribution in [0.15, 0.2) is 12.1 Å². The summed E-state index contributed by atoms with van der Waals surface area (Å²) in [7, 11) is 0. The number of amides is 1. The molecule has 0 saturated carbocycles. The van der Waals surface area contributed by atoms with Crippen LogP contribution in [0.3, 0.4) is 0 Å². The number of nitrogens with zero attached hydrogens (tertiary/aromatic N) is 3. The van der Waals surface area contributed by atoms with Crippen molar-refractivity contribution in [2.75, 3.05) is 12.5 Å². The Balaban J connectivity index is 2.33. The van der Waals surface area contributed by atoms with Crippen LogP contribution in [0.2, 0.25) is 0 Å². The third kappa shape index (κ3) is 3.14. The summed E-state index contributed by atoms with van der Waals surface area (Å²) in [6.07, 6.45) is -0.152. The lowest BCUT2D eigenvalue weighted by atomic mass is 10.3. The molecule has 0 atom stereocenters. The highest BCUT2D eigenvalue weighted by molar-refractivity contribution is 6.17. The van der Waals surface area contributed by atoms with Gasteiger partial charge in [0.1, 0.15) is 17.9 Å². The average molecular weight is 283 g/mol. The van der Waals surface area contributed by atoms with Crippen molar-refractivity contribution in [3.63, 3.8) is 0 Å². The van der Waals surface area contributed by atoms with E-state index in [0.29, 0.717) is 18.8 Å². The SMILES string of the molecule is Cc1ccc2nc(CCCl)n(CCOC(N)=O)c2n1. The van der Waals surface area contributed by atoms with Gasteiger partial charge in [0.2, 0.25) is 0 Å². The summed E-state index contributed by atoms with van der Waals surface area (Å²) >= 11 is 5.77. The molecule has 7 heteroatoms. The highest BCUT2D eigenvalue weighted by Crippen LogP contribution is 2.15. The summed E-state index contributed by atoms with van der Waals surface area (Å²) in [6.45, 7) is 2.56. The topological polar surface area (TPSA) is 83.0 Å². The van der Waals surface area contributed by atoms with Crippen LogP contribution in [0.1, 0.15) is 11.5 Å². The second-order valence-corrected chi connectivity index (χ2v) is 4.46. The number of carbonyl (C=O) groups is 1. The third-order valence-electron chi connectivity index (χ3n) is 2.69. The Morgan fingerprint density at radius 2 is 2.26 bits per heavy atom. The van der Waals surface area contributed by atoms with E-state index in [-0.39, 0.29) is 6.61 Å². The molecule has 0 aliphatic heterocycles. The lowest BCUT2D eigenvalue weighted by molar-refractivity contribution is 0.152. The number of fused-ring (bicyclic) bond motifs is 1. The molecular formula is C12H15ClN4O2. The minimum absolute atomic E-state index is 0.186. The number of aromatic nitrogens is 3. The van der Waals surface area contributed by atoms with Crippen molar-refractivity contribution >= 4 is 28.9 Å². The van der Waals surface area contributed by atoms with Gasteiger partial charge in [-0.1, -0.05) is 0 Å². The average Bonchev–Trinajstić information content (AvgIpc) is 2.67. The molecule has 0 aliphatic rings. The largest absolute Gasteiger partial charge is 0.448 e. The van der Waals surface area contributed by atoms with Crippen LogP contribution in [-0.4, -0.2) is 33.1 Å². The zero-order chi connectivity index (χ0) is 13.8. The van der Waals surface area contributed by atoms with Gasteiger partial charge in [-0.2, -0.15) is 0 Å². The Bertz CT molecular complexity index is 597. The number of halogens is 1. The van der Waals surface area contributed by atoms with E-state index in [1.165, 1.54) is 0 Å². The first-order chi connectivity index (χ1) is 9.11. The molecule has 1 amide bonds. The summed E-state index contributed by atoms with van der Waals surface area (Å²) in [4.78, 5) is 19.5. The van der Waals surface area contributed by atoms with Crippen LogP contribution >= 0.6 is 11.6 Å². The first-order valence-electron chi connectivity index (χ1n) is 5.92. The predicted molar refractivity (Wildman–Crippen MR) is 72.2 cm³/mol. The molecule has 2 N–H and O–H groups in total. The Labute approximate surface area is 115 Å². The Morgan fingerprint density at radius 1 is 1.47 bits per heavy atom. The van der Waals surface area contributed by atoms with Crippen molar-refractivity contribution in [3.8, 4) is 0 Å². The molecule has 2 heterocycles. The number of ether oxygens (including phenoxy) is 1. The van der Waals surface area contributed by atoms with Crippen molar-refractivity contribution in [2.45, 2.75) is 19.9 Å².